The van der Waals surface area contributed by atoms with Gasteiger partial charge in [-0.05, 0) is 18.2 Å². The van der Waals surface area contributed by atoms with Crippen molar-refractivity contribution in [1.29, 1.82) is 0 Å². The Labute approximate surface area is 114 Å². The molecule has 0 radical (unpaired) electrons. The standard InChI is InChI=1S/C12H5ClF5NO/c13-10-3-6(12(16,17)18)4-11(19-10)20-7-1-2-8(14)9(15)5-7/h1-5H. The van der Waals surface area contributed by atoms with Crippen LogP contribution in [0.15, 0.2) is 30.3 Å². The zero-order valence-corrected chi connectivity index (χ0v) is 10.3. The first-order valence-electron chi connectivity index (χ1n) is 5.13. The molecule has 20 heavy (non-hydrogen) atoms. The van der Waals surface area contributed by atoms with E-state index in [2.05, 4.69) is 4.98 Å². The molecule has 2 rings (SSSR count). The second kappa shape index (κ2) is 5.24. The second-order valence-corrected chi connectivity index (χ2v) is 4.08. The van der Waals surface area contributed by atoms with Crippen LogP contribution in [0.5, 0.6) is 11.6 Å². The van der Waals surface area contributed by atoms with Crippen molar-refractivity contribution in [1.82, 2.24) is 4.98 Å². The second-order valence-electron chi connectivity index (χ2n) is 3.69. The summed E-state index contributed by atoms with van der Waals surface area (Å²) in [5, 5.41) is -0.433. The summed E-state index contributed by atoms with van der Waals surface area (Å²) in [7, 11) is 0. The Bertz CT molecular complexity index is 644. The maximum atomic E-state index is 12.9. The highest BCUT2D eigenvalue weighted by Crippen LogP contribution is 2.33. The molecule has 0 aliphatic carbocycles. The Kier molecular flexibility index (Phi) is 3.80. The Morgan fingerprint density at radius 2 is 1.70 bits per heavy atom. The molecule has 0 fully saturated rings. The molecule has 1 heterocycles. The number of hydrogen-bond donors (Lipinski definition) is 0. The number of halogens is 6. The molecule has 0 amide bonds. The van der Waals surface area contributed by atoms with Gasteiger partial charge in [0, 0.05) is 12.1 Å². The van der Waals surface area contributed by atoms with Gasteiger partial charge in [0.25, 0.3) is 0 Å². The van der Waals surface area contributed by atoms with E-state index in [0.29, 0.717) is 18.2 Å². The molecule has 0 saturated heterocycles. The topological polar surface area (TPSA) is 22.1 Å². The molecule has 1 aromatic heterocycles. The van der Waals surface area contributed by atoms with Crippen molar-refractivity contribution in [3.05, 3.63) is 52.7 Å². The smallest absolute Gasteiger partial charge is 0.416 e. The molecule has 0 unspecified atom stereocenters. The summed E-state index contributed by atoms with van der Waals surface area (Å²) in [6.07, 6.45) is -4.63. The van der Waals surface area contributed by atoms with Crippen molar-refractivity contribution in [2.45, 2.75) is 6.18 Å². The van der Waals surface area contributed by atoms with E-state index in [-0.39, 0.29) is 5.75 Å². The summed E-state index contributed by atoms with van der Waals surface area (Å²) < 4.78 is 68.2. The van der Waals surface area contributed by atoms with Gasteiger partial charge in [0.15, 0.2) is 11.6 Å². The molecule has 8 heteroatoms. The predicted octanol–water partition coefficient (Wildman–Crippen LogP) is 4.82. The maximum Gasteiger partial charge on any atom is 0.416 e. The minimum absolute atomic E-state index is 0.202. The Hall–Kier alpha value is -1.89. The van der Waals surface area contributed by atoms with Crippen molar-refractivity contribution in [2.24, 2.45) is 0 Å². The highest BCUT2D eigenvalue weighted by molar-refractivity contribution is 6.29. The summed E-state index contributed by atoms with van der Waals surface area (Å²) in [5.41, 5.74) is -1.06. The lowest BCUT2D eigenvalue weighted by Gasteiger charge is -2.10. The highest BCUT2D eigenvalue weighted by Gasteiger charge is 2.31. The Morgan fingerprint density at radius 3 is 2.30 bits per heavy atom. The van der Waals surface area contributed by atoms with Crippen LogP contribution in [0.3, 0.4) is 0 Å². The number of alkyl halides is 3. The van der Waals surface area contributed by atoms with E-state index in [9.17, 15) is 22.0 Å². The van der Waals surface area contributed by atoms with Crippen molar-refractivity contribution in [2.75, 3.05) is 0 Å². The molecule has 0 saturated carbocycles. The summed E-state index contributed by atoms with van der Waals surface area (Å²) >= 11 is 5.45. The quantitative estimate of drug-likeness (QED) is 0.586. The van der Waals surface area contributed by atoms with Crippen molar-refractivity contribution in [3.63, 3.8) is 0 Å². The first kappa shape index (κ1) is 14.5. The van der Waals surface area contributed by atoms with Crippen LogP contribution in [-0.4, -0.2) is 4.98 Å². The summed E-state index contributed by atoms with van der Waals surface area (Å²) in [5.74, 6) is -2.98. The van der Waals surface area contributed by atoms with Gasteiger partial charge in [0.2, 0.25) is 5.88 Å². The number of pyridine rings is 1. The number of rotatable bonds is 2. The third-order valence-corrected chi connectivity index (χ3v) is 2.41. The summed E-state index contributed by atoms with van der Waals surface area (Å²) in [6, 6.07) is 3.74. The number of hydrogen-bond acceptors (Lipinski definition) is 2. The number of nitrogens with zero attached hydrogens (tertiary/aromatic N) is 1. The minimum Gasteiger partial charge on any atom is -0.439 e. The van der Waals surface area contributed by atoms with Crippen LogP contribution < -0.4 is 4.74 Å². The van der Waals surface area contributed by atoms with Crippen LogP contribution in [0.1, 0.15) is 5.56 Å². The van der Waals surface area contributed by atoms with Crippen LogP contribution in [0.25, 0.3) is 0 Å². The van der Waals surface area contributed by atoms with E-state index in [4.69, 9.17) is 16.3 Å². The van der Waals surface area contributed by atoms with Gasteiger partial charge in [0.1, 0.15) is 10.9 Å². The van der Waals surface area contributed by atoms with Crippen LogP contribution in [0, 0.1) is 11.6 Å². The third kappa shape index (κ3) is 3.36. The molecule has 2 nitrogen and oxygen atoms in total. The van der Waals surface area contributed by atoms with Gasteiger partial charge < -0.3 is 4.74 Å². The van der Waals surface area contributed by atoms with Gasteiger partial charge in [-0.1, -0.05) is 11.6 Å². The summed E-state index contributed by atoms with van der Waals surface area (Å²) in [4.78, 5) is 3.52. The van der Waals surface area contributed by atoms with Crippen LogP contribution >= 0.6 is 11.6 Å². The summed E-state index contributed by atoms with van der Waals surface area (Å²) in [6.45, 7) is 0. The van der Waals surface area contributed by atoms with E-state index in [0.717, 1.165) is 12.1 Å². The third-order valence-electron chi connectivity index (χ3n) is 2.21. The fourth-order valence-corrected chi connectivity index (χ4v) is 1.55. The fourth-order valence-electron chi connectivity index (χ4n) is 1.35. The first-order chi connectivity index (χ1) is 9.25. The molecule has 0 aliphatic heterocycles. The SMILES string of the molecule is Fc1ccc(Oc2cc(C(F)(F)F)cc(Cl)n2)cc1F. The number of benzene rings is 1. The van der Waals surface area contributed by atoms with Gasteiger partial charge in [-0.2, -0.15) is 13.2 Å². The largest absolute Gasteiger partial charge is 0.439 e. The minimum atomic E-state index is -4.63. The molecule has 0 aliphatic rings. The van der Waals surface area contributed by atoms with Gasteiger partial charge in [-0.25, -0.2) is 13.8 Å². The lowest BCUT2D eigenvalue weighted by atomic mass is 10.2. The molecule has 0 atom stereocenters. The van der Waals surface area contributed by atoms with Crippen molar-refractivity contribution in [3.8, 4) is 11.6 Å². The van der Waals surface area contributed by atoms with E-state index in [1.165, 1.54) is 0 Å². The van der Waals surface area contributed by atoms with E-state index in [1.807, 2.05) is 0 Å². The molecular weight excluding hydrogens is 305 g/mol. The highest BCUT2D eigenvalue weighted by atomic mass is 35.5. The zero-order valence-electron chi connectivity index (χ0n) is 9.51. The van der Waals surface area contributed by atoms with Gasteiger partial charge in [0.05, 0.1) is 5.56 Å². The normalized spacial score (nSPS) is 11.5. The molecule has 2 aromatic rings. The molecule has 0 spiro atoms. The molecule has 0 N–H and O–H groups in total. The molecular formula is C12H5ClF5NO. The van der Waals surface area contributed by atoms with Gasteiger partial charge in [-0.3, -0.25) is 0 Å². The lowest BCUT2D eigenvalue weighted by molar-refractivity contribution is -0.137. The average Bonchev–Trinajstić information content (AvgIpc) is 2.32. The maximum absolute atomic E-state index is 12.9. The van der Waals surface area contributed by atoms with Crippen LogP contribution in [-0.2, 0) is 6.18 Å². The van der Waals surface area contributed by atoms with Gasteiger partial charge >= 0.3 is 6.18 Å². The first-order valence-corrected chi connectivity index (χ1v) is 5.51. The Balaban J connectivity index is 2.33. The van der Waals surface area contributed by atoms with Crippen LogP contribution in [0.4, 0.5) is 22.0 Å². The molecule has 0 bridgehead atoms. The van der Waals surface area contributed by atoms with Gasteiger partial charge in [-0.15, -0.1) is 0 Å². The zero-order chi connectivity index (χ0) is 14.9. The average molecular weight is 310 g/mol. The van der Waals surface area contributed by atoms with Crippen molar-refractivity contribution >= 4 is 11.6 Å². The van der Waals surface area contributed by atoms with E-state index < -0.39 is 34.4 Å². The molecule has 1 aromatic carbocycles. The fraction of sp³-hybridized carbons (Fsp3) is 0.0833. The van der Waals surface area contributed by atoms with E-state index in [1.54, 1.807) is 0 Å². The van der Waals surface area contributed by atoms with E-state index >= 15 is 0 Å². The monoisotopic (exact) mass is 309 g/mol. The number of ether oxygens (including phenoxy) is 1. The Morgan fingerprint density at radius 1 is 1.00 bits per heavy atom. The van der Waals surface area contributed by atoms with Crippen molar-refractivity contribution < 1.29 is 26.7 Å². The predicted molar refractivity (Wildman–Crippen MR) is 60.7 cm³/mol. The number of aromatic nitrogens is 1. The lowest BCUT2D eigenvalue weighted by Crippen LogP contribution is -2.05. The molecule has 106 valence electrons. The van der Waals surface area contributed by atoms with Crippen LogP contribution in [0.2, 0.25) is 5.15 Å².